The molecule has 0 atom stereocenters. The Bertz CT molecular complexity index is 459. The lowest BCUT2D eigenvalue weighted by Gasteiger charge is -2.00. The van der Waals surface area contributed by atoms with Crippen molar-refractivity contribution < 1.29 is 52.0 Å². The van der Waals surface area contributed by atoms with Gasteiger partial charge in [-0.25, -0.2) is 17.2 Å². The van der Waals surface area contributed by atoms with E-state index in [0.29, 0.717) is 0 Å². The summed E-state index contributed by atoms with van der Waals surface area (Å²) in [4.78, 5) is 0. The largest absolute Gasteiger partial charge is 0.507 e. The Morgan fingerprint density at radius 2 is 0.950 bits per heavy atom. The normalized spacial score (nSPS) is 13.0. The van der Waals surface area contributed by atoms with Crippen molar-refractivity contribution in [1.29, 1.82) is 0 Å². The molecule has 20 heavy (non-hydrogen) atoms. The Balaban J connectivity index is -0.000000223. The summed E-state index contributed by atoms with van der Waals surface area (Å²) in [7, 11) is -0.215. The monoisotopic (exact) mass is 466 g/mol. The fourth-order valence-electron chi connectivity index (χ4n) is 0. The number of alkyl halides is 8. The minimum Gasteiger partial charge on any atom is -0.208 e. The van der Waals surface area contributed by atoms with Crippen LogP contribution < -0.4 is 0 Å². The molecule has 17 heteroatoms. The zero-order chi connectivity index (χ0) is 17.6. The molecule has 0 saturated carbocycles. The molecule has 0 aromatic rings. The van der Waals surface area contributed by atoms with Crippen LogP contribution in [-0.2, 0) is 16.5 Å². The van der Waals surface area contributed by atoms with Crippen molar-refractivity contribution in [2.45, 2.75) is 18.1 Å². The van der Waals surface area contributed by atoms with Crippen LogP contribution in [-0.4, -0.2) is 34.9 Å². The maximum Gasteiger partial charge on any atom is 0.507 e. The highest BCUT2D eigenvalue weighted by molar-refractivity contribution is 9.47. The molecule has 0 aliphatic heterocycles. The summed E-state index contributed by atoms with van der Waals surface area (Å²) in [6.07, 6.45) is -9.53. The third kappa shape index (κ3) is 23.5. The molecular formula is C3HBrCl2F8O4S2. The molecule has 0 aliphatic rings. The zero-order valence-corrected chi connectivity index (χ0v) is 12.9. The second-order valence-corrected chi connectivity index (χ2v) is 9.67. The van der Waals surface area contributed by atoms with E-state index < -0.39 is 34.6 Å². The van der Waals surface area contributed by atoms with Crippen molar-refractivity contribution in [1.82, 2.24) is 0 Å². The SMILES string of the molecule is FC(F)C(F)(F)F.O=S(=O)(Br)C(F)(F)F.O=S(=O)(Cl)Cl. The molecule has 0 heterocycles. The predicted octanol–water partition coefficient (Wildman–Crippen LogP) is 3.75. The van der Waals surface area contributed by atoms with Gasteiger partial charge in [0.05, 0.1) is 14.8 Å². The molecule has 0 unspecified atom stereocenters. The summed E-state index contributed by atoms with van der Waals surface area (Å²) in [5.41, 5.74) is -5.17. The first-order valence-electron chi connectivity index (χ1n) is 3.19. The molecule has 0 radical (unpaired) electrons. The summed E-state index contributed by atoms with van der Waals surface area (Å²) < 4.78 is 122. The van der Waals surface area contributed by atoms with Gasteiger partial charge in [0.25, 0.3) is 0 Å². The molecular weight excluding hydrogens is 467 g/mol. The Labute approximate surface area is 123 Å². The van der Waals surface area contributed by atoms with Gasteiger partial charge in [-0.05, 0) is 0 Å². The second kappa shape index (κ2) is 8.75. The fourth-order valence-corrected chi connectivity index (χ4v) is 0. The average molecular weight is 468 g/mol. The van der Waals surface area contributed by atoms with Gasteiger partial charge in [0, 0.05) is 21.4 Å². The fraction of sp³-hybridized carbons (Fsp3) is 1.00. The van der Waals surface area contributed by atoms with Gasteiger partial charge in [-0.1, -0.05) is 0 Å². The van der Waals surface area contributed by atoms with Gasteiger partial charge in [0.2, 0.25) is 0 Å². The number of hydrogen-bond donors (Lipinski definition) is 0. The first kappa shape index (κ1) is 25.4. The molecule has 0 bridgehead atoms. The number of hydrogen-bond acceptors (Lipinski definition) is 4. The van der Waals surface area contributed by atoms with Crippen molar-refractivity contribution >= 4 is 52.7 Å². The molecule has 0 aliphatic carbocycles. The van der Waals surface area contributed by atoms with Gasteiger partial charge < -0.3 is 0 Å². The van der Waals surface area contributed by atoms with E-state index in [0.717, 1.165) is 0 Å². The molecule has 0 fully saturated rings. The van der Waals surface area contributed by atoms with E-state index in [2.05, 4.69) is 21.4 Å². The lowest BCUT2D eigenvalue weighted by molar-refractivity contribution is -0.219. The van der Waals surface area contributed by atoms with Crippen LogP contribution in [0.5, 0.6) is 0 Å². The Morgan fingerprint density at radius 1 is 0.850 bits per heavy atom. The summed E-state index contributed by atoms with van der Waals surface area (Å²) in [5.74, 6) is 0. The van der Waals surface area contributed by atoms with Crippen molar-refractivity contribution in [2.75, 3.05) is 0 Å². The highest BCUT2D eigenvalue weighted by atomic mass is 79.9. The van der Waals surface area contributed by atoms with Crippen LogP contribution in [0.2, 0.25) is 0 Å². The molecule has 4 nitrogen and oxygen atoms in total. The van der Waals surface area contributed by atoms with Crippen LogP contribution in [0, 0.1) is 0 Å². The van der Waals surface area contributed by atoms with E-state index in [-0.39, 0.29) is 0 Å². The minimum absolute atomic E-state index is 1.45. The van der Waals surface area contributed by atoms with Crippen LogP contribution in [0.3, 0.4) is 0 Å². The summed E-state index contributed by atoms with van der Waals surface area (Å²) >= 11 is 1.45. The van der Waals surface area contributed by atoms with Gasteiger partial charge >= 0.3 is 34.6 Å². The molecule has 0 saturated heterocycles. The van der Waals surface area contributed by atoms with E-state index in [1.54, 1.807) is 0 Å². The van der Waals surface area contributed by atoms with E-state index in [1.807, 2.05) is 0 Å². The predicted molar refractivity (Wildman–Crippen MR) is 56.6 cm³/mol. The zero-order valence-electron chi connectivity index (χ0n) is 8.18. The number of rotatable bonds is 0. The van der Waals surface area contributed by atoms with Crippen molar-refractivity contribution in [3.8, 4) is 0 Å². The molecule has 0 rings (SSSR count). The Kier molecular flexibility index (Phi) is 11.1. The van der Waals surface area contributed by atoms with Crippen LogP contribution in [0.4, 0.5) is 35.1 Å². The second-order valence-electron chi connectivity index (χ2n) is 2.10. The van der Waals surface area contributed by atoms with E-state index in [9.17, 15) is 43.5 Å². The topological polar surface area (TPSA) is 68.3 Å². The average Bonchev–Trinajstić information content (AvgIpc) is 1.94. The van der Waals surface area contributed by atoms with E-state index >= 15 is 0 Å². The van der Waals surface area contributed by atoms with E-state index in [4.69, 9.17) is 8.42 Å². The molecule has 0 amide bonds. The van der Waals surface area contributed by atoms with Crippen molar-refractivity contribution in [3.63, 3.8) is 0 Å². The molecule has 126 valence electrons. The third-order valence-electron chi connectivity index (χ3n) is 0.524. The van der Waals surface area contributed by atoms with Gasteiger partial charge in [-0.2, -0.15) is 34.8 Å². The summed E-state index contributed by atoms with van der Waals surface area (Å²) in [6, 6.07) is 0. The molecule has 0 aromatic carbocycles. The van der Waals surface area contributed by atoms with Crippen molar-refractivity contribution in [3.05, 3.63) is 0 Å². The van der Waals surface area contributed by atoms with Crippen molar-refractivity contribution in [2.24, 2.45) is 0 Å². The summed E-state index contributed by atoms with van der Waals surface area (Å²) in [6.45, 7) is 0. The van der Waals surface area contributed by atoms with Gasteiger partial charge in [-0.15, -0.1) is 0 Å². The third-order valence-corrected chi connectivity index (χ3v) is 2.18. The van der Waals surface area contributed by atoms with Gasteiger partial charge in [0.1, 0.15) is 0 Å². The smallest absolute Gasteiger partial charge is 0.208 e. The highest BCUT2D eigenvalue weighted by Crippen LogP contribution is 2.27. The molecule has 0 aromatic heterocycles. The standard InChI is InChI=1S/C2HF5.CBrF3O2S.Cl2O2S/c3-1(4)2(5,6)7;2-8(6,7)1(3,4)5;1-5(2,3)4/h1H;;. The maximum atomic E-state index is 10.9. The van der Waals surface area contributed by atoms with Gasteiger partial charge in [0.15, 0.2) is 0 Å². The maximum absolute atomic E-state index is 10.9. The molecule has 0 N–H and O–H groups in total. The van der Waals surface area contributed by atoms with E-state index in [1.165, 1.54) is 14.8 Å². The minimum atomic E-state index is -5.33. The quantitative estimate of drug-likeness (QED) is 0.402. The Morgan fingerprint density at radius 3 is 0.950 bits per heavy atom. The lowest BCUT2D eigenvalue weighted by atomic mass is 10.7. The summed E-state index contributed by atoms with van der Waals surface area (Å²) in [5, 5.41) is 0. The van der Waals surface area contributed by atoms with Crippen LogP contribution in [0.15, 0.2) is 0 Å². The van der Waals surface area contributed by atoms with Crippen LogP contribution in [0.25, 0.3) is 0 Å². The van der Waals surface area contributed by atoms with Crippen LogP contribution in [0.1, 0.15) is 0 Å². The number of halogens is 11. The molecule has 0 spiro atoms. The highest BCUT2D eigenvalue weighted by Gasteiger charge is 2.43. The lowest BCUT2D eigenvalue weighted by Crippen LogP contribution is -2.18. The van der Waals surface area contributed by atoms with Crippen LogP contribution >= 0.6 is 36.2 Å². The first-order chi connectivity index (χ1) is 8.19. The van der Waals surface area contributed by atoms with Gasteiger partial charge in [-0.3, -0.25) is 0 Å². The Hall–Kier alpha value is 0.400. The first-order valence-corrected chi connectivity index (χ1v) is 9.65.